The Kier molecular flexibility index (Phi) is 6.74. The van der Waals surface area contributed by atoms with Crippen LogP contribution in [0.15, 0.2) is 18.2 Å². The van der Waals surface area contributed by atoms with E-state index in [1.54, 1.807) is 14.2 Å². The van der Waals surface area contributed by atoms with Gasteiger partial charge in [0.2, 0.25) is 5.91 Å². The largest absolute Gasteiger partial charge is 0.497 e. The summed E-state index contributed by atoms with van der Waals surface area (Å²) in [5.74, 6) is 3.35. The van der Waals surface area contributed by atoms with Gasteiger partial charge in [-0.1, -0.05) is 13.8 Å². The fourth-order valence-corrected chi connectivity index (χ4v) is 3.53. The molecule has 29 heavy (non-hydrogen) atoms. The van der Waals surface area contributed by atoms with Gasteiger partial charge in [0.25, 0.3) is 0 Å². The highest BCUT2D eigenvalue weighted by Gasteiger charge is 2.23. The van der Waals surface area contributed by atoms with Gasteiger partial charge < -0.3 is 19.4 Å². The lowest BCUT2D eigenvalue weighted by molar-refractivity contribution is -0.124. The number of nitrogens with one attached hydrogen (secondary N) is 1. The molecule has 0 bridgehead atoms. The topological polar surface area (TPSA) is 81.5 Å². The summed E-state index contributed by atoms with van der Waals surface area (Å²) >= 11 is 0. The molecule has 1 atom stereocenters. The van der Waals surface area contributed by atoms with Crippen LogP contribution in [-0.2, 0) is 24.3 Å². The highest BCUT2D eigenvalue weighted by molar-refractivity contribution is 5.78. The Morgan fingerprint density at radius 2 is 1.76 bits per heavy atom. The van der Waals surface area contributed by atoms with Gasteiger partial charge in [0.05, 0.1) is 20.3 Å². The second-order valence-electron chi connectivity index (χ2n) is 7.76. The summed E-state index contributed by atoms with van der Waals surface area (Å²) < 4.78 is 12.9. The molecule has 8 heteroatoms. The van der Waals surface area contributed by atoms with Gasteiger partial charge in [0.1, 0.15) is 17.3 Å². The van der Waals surface area contributed by atoms with Crippen LogP contribution in [0.5, 0.6) is 11.5 Å². The molecule has 8 nitrogen and oxygen atoms in total. The Hall–Kier alpha value is -2.61. The predicted octanol–water partition coefficient (Wildman–Crippen LogP) is 2.19. The SMILES string of the molecule is COc1cc(CN2CCc3nnc([C@@H](C)NC(=O)C(C)C)n3CC2)cc(OC)c1. The molecule has 1 aliphatic heterocycles. The molecule has 0 radical (unpaired) electrons. The number of benzene rings is 1. The third kappa shape index (κ3) is 5.06. The molecule has 1 aromatic heterocycles. The first-order valence-electron chi connectivity index (χ1n) is 10.1. The molecule has 3 rings (SSSR count). The molecule has 1 N–H and O–H groups in total. The molecule has 1 aliphatic rings. The first-order valence-corrected chi connectivity index (χ1v) is 10.1. The van der Waals surface area contributed by atoms with Crippen LogP contribution in [0.1, 0.15) is 44.0 Å². The number of fused-ring (bicyclic) bond motifs is 1. The number of ether oxygens (including phenoxy) is 2. The third-order valence-electron chi connectivity index (χ3n) is 5.24. The Labute approximate surface area is 172 Å². The average molecular weight is 402 g/mol. The summed E-state index contributed by atoms with van der Waals surface area (Å²) in [5, 5.41) is 11.8. The molecular weight excluding hydrogens is 370 g/mol. The molecule has 0 fully saturated rings. The molecule has 0 aliphatic carbocycles. The van der Waals surface area contributed by atoms with Crippen LogP contribution in [0.3, 0.4) is 0 Å². The van der Waals surface area contributed by atoms with Crippen molar-refractivity contribution in [1.29, 1.82) is 0 Å². The van der Waals surface area contributed by atoms with E-state index in [0.717, 1.165) is 61.3 Å². The van der Waals surface area contributed by atoms with Crippen LogP contribution in [0.25, 0.3) is 0 Å². The highest BCUT2D eigenvalue weighted by atomic mass is 16.5. The zero-order valence-corrected chi connectivity index (χ0v) is 17.9. The predicted molar refractivity (Wildman–Crippen MR) is 110 cm³/mol. The van der Waals surface area contributed by atoms with E-state index in [0.29, 0.717) is 0 Å². The number of nitrogens with zero attached hydrogens (tertiary/aromatic N) is 4. The summed E-state index contributed by atoms with van der Waals surface area (Å²) in [5.41, 5.74) is 1.15. The summed E-state index contributed by atoms with van der Waals surface area (Å²) in [6.45, 7) is 9.10. The van der Waals surface area contributed by atoms with Crippen molar-refractivity contribution in [1.82, 2.24) is 25.0 Å². The van der Waals surface area contributed by atoms with E-state index < -0.39 is 0 Å². The number of methoxy groups -OCH3 is 2. The number of carbonyl (C=O) groups is 1. The molecule has 158 valence electrons. The minimum Gasteiger partial charge on any atom is -0.497 e. The molecule has 0 saturated heterocycles. The molecule has 0 spiro atoms. The molecule has 2 aromatic rings. The summed E-state index contributed by atoms with van der Waals surface area (Å²) in [6.07, 6.45) is 0.818. The first-order chi connectivity index (χ1) is 13.9. The zero-order valence-electron chi connectivity index (χ0n) is 17.9. The fourth-order valence-electron chi connectivity index (χ4n) is 3.53. The smallest absolute Gasteiger partial charge is 0.223 e. The van der Waals surface area contributed by atoms with Gasteiger partial charge in [0, 0.05) is 44.6 Å². The standard InChI is InChI=1S/C21H31N5O3/c1-14(2)21(27)22-15(3)20-24-23-19-6-7-25(8-9-26(19)20)13-16-10-17(28-4)12-18(11-16)29-5/h10-12,14-15H,6-9,13H2,1-5H3,(H,22,27)/t15-/m1/s1. The number of aromatic nitrogens is 3. The minimum atomic E-state index is -0.166. The van der Waals surface area contributed by atoms with Crippen molar-refractivity contribution in [3.05, 3.63) is 35.4 Å². The van der Waals surface area contributed by atoms with E-state index >= 15 is 0 Å². The number of rotatable bonds is 7. The van der Waals surface area contributed by atoms with Gasteiger partial charge >= 0.3 is 0 Å². The van der Waals surface area contributed by atoms with Gasteiger partial charge in [-0.25, -0.2) is 0 Å². The maximum Gasteiger partial charge on any atom is 0.223 e. The van der Waals surface area contributed by atoms with E-state index in [1.165, 1.54) is 0 Å². The number of carbonyl (C=O) groups excluding carboxylic acids is 1. The average Bonchev–Trinajstić information content (AvgIpc) is 3.02. The van der Waals surface area contributed by atoms with Crippen molar-refractivity contribution in [2.24, 2.45) is 5.92 Å². The molecule has 0 unspecified atom stereocenters. The molecular formula is C21H31N5O3. The Bertz CT molecular complexity index is 827. The molecule has 1 amide bonds. The van der Waals surface area contributed by atoms with Gasteiger partial charge in [-0.3, -0.25) is 9.69 Å². The Morgan fingerprint density at radius 3 is 2.38 bits per heavy atom. The maximum absolute atomic E-state index is 12.0. The molecule has 2 heterocycles. The van der Waals surface area contributed by atoms with Crippen LogP contribution >= 0.6 is 0 Å². The van der Waals surface area contributed by atoms with Crippen molar-refractivity contribution in [2.45, 2.75) is 46.3 Å². The summed E-state index contributed by atoms with van der Waals surface area (Å²) in [6, 6.07) is 5.80. The quantitative estimate of drug-likeness (QED) is 0.766. The monoisotopic (exact) mass is 401 g/mol. The number of hydrogen-bond acceptors (Lipinski definition) is 6. The molecule has 1 aromatic carbocycles. The van der Waals surface area contributed by atoms with Crippen molar-refractivity contribution in [3.63, 3.8) is 0 Å². The van der Waals surface area contributed by atoms with E-state index in [9.17, 15) is 4.79 Å². The zero-order chi connectivity index (χ0) is 21.0. The van der Waals surface area contributed by atoms with Crippen molar-refractivity contribution >= 4 is 5.91 Å². The van der Waals surface area contributed by atoms with Crippen LogP contribution in [0, 0.1) is 5.92 Å². The lowest BCUT2D eigenvalue weighted by Crippen LogP contribution is -2.32. The van der Waals surface area contributed by atoms with Gasteiger partial charge in [-0.05, 0) is 24.6 Å². The number of hydrogen-bond donors (Lipinski definition) is 1. The Balaban J connectivity index is 1.68. The van der Waals surface area contributed by atoms with Crippen LogP contribution in [-0.4, -0.2) is 52.9 Å². The van der Waals surface area contributed by atoms with E-state index in [4.69, 9.17) is 9.47 Å². The van der Waals surface area contributed by atoms with E-state index in [-0.39, 0.29) is 17.9 Å². The summed E-state index contributed by atoms with van der Waals surface area (Å²) in [4.78, 5) is 14.4. The lowest BCUT2D eigenvalue weighted by Gasteiger charge is -2.21. The van der Waals surface area contributed by atoms with Crippen molar-refractivity contribution in [2.75, 3.05) is 27.3 Å². The van der Waals surface area contributed by atoms with Gasteiger partial charge in [-0.15, -0.1) is 10.2 Å². The van der Waals surface area contributed by atoms with Crippen LogP contribution in [0.4, 0.5) is 0 Å². The second kappa shape index (κ2) is 9.26. The van der Waals surface area contributed by atoms with Crippen LogP contribution in [0.2, 0.25) is 0 Å². The van der Waals surface area contributed by atoms with Gasteiger partial charge in [0.15, 0.2) is 5.82 Å². The van der Waals surface area contributed by atoms with E-state index in [1.807, 2.05) is 39.0 Å². The van der Waals surface area contributed by atoms with Crippen molar-refractivity contribution < 1.29 is 14.3 Å². The van der Waals surface area contributed by atoms with Crippen LogP contribution < -0.4 is 14.8 Å². The molecule has 0 saturated carbocycles. The Morgan fingerprint density at radius 1 is 1.07 bits per heavy atom. The lowest BCUT2D eigenvalue weighted by atomic mass is 10.2. The third-order valence-corrected chi connectivity index (χ3v) is 5.24. The fraction of sp³-hybridized carbons (Fsp3) is 0.571. The van der Waals surface area contributed by atoms with Gasteiger partial charge in [-0.2, -0.15) is 0 Å². The second-order valence-corrected chi connectivity index (χ2v) is 7.76. The minimum absolute atomic E-state index is 0.0251. The first kappa shape index (κ1) is 21.1. The normalized spacial score (nSPS) is 15.5. The summed E-state index contributed by atoms with van der Waals surface area (Å²) in [7, 11) is 3.33. The highest BCUT2D eigenvalue weighted by Crippen LogP contribution is 2.24. The number of amides is 1. The maximum atomic E-state index is 12.0. The van der Waals surface area contributed by atoms with Crippen molar-refractivity contribution in [3.8, 4) is 11.5 Å². The van der Waals surface area contributed by atoms with E-state index in [2.05, 4.69) is 25.0 Å².